The second kappa shape index (κ2) is 6.74. The Hall–Kier alpha value is -1.84. The van der Waals surface area contributed by atoms with E-state index in [1.54, 1.807) is 0 Å². The van der Waals surface area contributed by atoms with Gasteiger partial charge in [0, 0.05) is 31.4 Å². The number of aliphatic hydroxyl groups excluding tert-OH is 1. The smallest absolute Gasteiger partial charge is 0.0682 e. The number of nitrogens with one attached hydrogen (secondary N) is 1. The van der Waals surface area contributed by atoms with Crippen LogP contribution in [0.15, 0.2) is 54.6 Å². The largest absolute Gasteiger partial charge is 0.392 e. The van der Waals surface area contributed by atoms with Gasteiger partial charge in [0.15, 0.2) is 0 Å². The highest BCUT2D eigenvalue weighted by molar-refractivity contribution is 5.46. The minimum Gasteiger partial charge on any atom is -0.392 e. The average molecular weight is 282 g/mol. The van der Waals surface area contributed by atoms with Crippen molar-refractivity contribution in [3.8, 4) is 0 Å². The maximum absolute atomic E-state index is 9.19. The maximum atomic E-state index is 9.19. The predicted molar refractivity (Wildman–Crippen MR) is 86.1 cm³/mol. The third-order valence-corrected chi connectivity index (χ3v) is 4.00. The Balaban J connectivity index is 1.54. The molecule has 2 aromatic rings. The highest BCUT2D eigenvalue weighted by Gasteiger charge is 2.22. The van der Waals surface area contributed by atoms with Gasteiger partial charge in [0.05, 0.1) is 6.61 Å². The van der Waals surface area contributed by atoms with Crippen LogP contribution in [0.1, 0.15) is 17.5 Å². The topological polar surface area (TPSA) is 35.5 Å². The molecule has 2 N–H and O–H groups in total. The normalized spacial score (nSPS) is 18.8. The standard InChI is InChI=1S/C18H22N2O/c21-14-16-7-4-8-17(11-16)19-18-9-10-20(13-18)12-15-5-2-1-3-6-15/h1-8,11,18-19,21H,9-10,12-14H2. The van der Waals surface area contributed by atoms with Crippen molar-refractivity contribution in [3.05, 3.63) is 65.7 Å². The van der Waals surface area contributed by atoms with E-state index >= 15 is 0 Å². The first-order chi connectivity index (χ1) is 10.3. The van der Waals surface area contributed by atoms with Crippen molar-refractivity contribution in [3.63, 3.8) is 0 Å². The molecule has 3 nitrogen and oxygen atoms in total. The zero-order valence-electron chi connectivity index (χ0n) is 12.2. The zero-order chi connectivity index (χ0) is 14.5. The summed E-state index contributed by atoms with van der Waals surface area (Å²) in [7, 11) is 0. The maximum Gasteiger partial charge on any atom is 0.0682 e. The average Bonchev–Trinajstić information content (AvgIpc) is 2.95. The van der Waals surface area contributed by atoms with Gasteiger partial charge >= 0.3 is 0 Å². The Kier molecular flexibility index (Phi) is 4.53. The number of hydrogen-bond acceptors (Lipinski definition) is 3. The van der Waals surface area contributed by atoms with Gasteiger partial charge in [0.1, 0.15) is 0 Å². The molecule has 2 aromatic carbocycles. The van der Waals surface area contributed by atoms with Crippen LogP contribution >= 0.6 is 0 Å². The molecule has 3 heteroatoms. The fraction of sp³-hybridized carbons (Fsp3) is 0.333. The van der Waals surface area contributed by atoms with E-state index in [1.165, 1.54) is 5.56 Å². The Labute approximate surface area is 126 Å². The summed E-state index contributed by atoms with van der Waals surface area (Å²) >= 11 is 0. The summed E-state index contributed by atoms with van der Waals surface area (Å²) < 4.78 is 0. The molecule has 1 aliphatic rings. The molecule has 1 aliphatic heterocycles. The zero-order valence-corrected chi connectivity index (χ0v) is 12.2. The molecule has 21 heavy (non-hydrogen) atoms. The summed E-state index contributed by atoms with van der Waals surface area (Å²) in [5.41, 5.74) is 3.44. The van der Waals surface area contributed by atoms with Gasteiger partial charge in [-0.2, -0.15) is 0 Å². The first-order valence-corrected chi connectivity index (χ1v) is 7.56. The predicted octanol–water partition coefficient (Wildman–Crippen LogP) is 2.87. The Morgan fingerprint density at radius 1 is 1.05 bits per heavy atom. The number of nitrogens with zero attached hydrogens (tertiary/aromatic N) is 1. The van der Waals surface area contributed by atoms with Gasteiger partial charge in [-0.05, 0) is 29.7 Å². The molecule has 0 radical (unpaired) electrons. The minimum atomic E-state index is 0.0975. The van der Waals surface area contributed by atoms with Crippen LogP contribution in [0, 0.1) is 0 Å². The van der Waals surface area contributed by atoms with Crippen LogP contribution in [0.5, 0.6) is 0 Å². The monoisotopic (exact) mass is 282 g/mol. The summed E-state index contributed by atoms with van der Waals surface area (Å²) in [6, 6.07) is 19.2. The van der Waals surface area contributed by atoms with Crippen LogP contribution in [-0.4, -0.2) is 29.1 Å². The van der Waals surface area contributed by atoms with Crippen LogP contribution in [-0.2, 0) is 13.2 Å². The second-order valence-corrected chi connectivity index (χ2v) is 5.71. The van der Waals surface area contributed by atoms with Crippen molar-refractivity contribution in [2.45, 2.75) is 25.6 Å². The lowest BCUT2D eigenvalue weighted by atomic mass is 10.2. The van der Waals surface area contributed by atoms with Crippen LogP contribution < -0.4 is 5.32 Å². The molecule has 1 fully saturated rings. The van der Waals surface area contributed by atoms with Crippen molar-refractivity contribution in [2.75, 3.05) is 18.4 Å². The van der Waals surface area contributed by atoms with Crippen LogP contribution in [0.25, 0.3) is 0 Å². The molecule has 0 saturated carbocycles. The van der Waals surface area contributed by atoms with Crippen molar-refractivity contribution < 1.29 is 5.11 Å². The van der Waals surface area contributed by atoms with Gasteiger partial charge in [-0.1, -0.05) is 42.5 Å². The highest BCUT2D eigenvalue weighted by Crippen LogP contribution is 2.18. The van der Waals surface area contributed by atoms with Gasteiger partial charge in [-0.3, -0.25) is 4.90 Å². The summed E-state index contributed by atoms with van der Waals surface area (Å²) in [6.07, 6.45) is 1.16. The number of hydrogen-bond donors (Lipinski definition) is 2. The van der Waals surface area contributed by atoms with E-state index < -0.39 is 0 Å². The first-order valence-electron chi connectivity index (χ1n) is 7.56. The molecule has 3 rings (SSSR count). The van der Waals surface area contributed by atoms with Gasteiger partial charge in [0.25, 0.3) is 0 Å². The molecule has 1 unspecified atom stereocenters. The van der Waals surface area contributed by atoms with Gasteiger partial charge in [-0.25, -0.2) is 0 Å². The Morgan fingerprint density at radius 2 is 1.86 bits per heavy atom. The molecule has 1 heterocycles. The van der Waals surface area contributed by atoms with E-state index in [0.29, 0.717) is 6.04 Å². The second-order valence-electron chi connectivity index (χ2n) is 5.71. The van der Waals surface area contributed by atoms with Crippen molar-refractivity contribution >= 4 is 5.69 Å². The summed E-state index contributed by atoms with van der Waals surface area (Å²) in [5, 5.41) is 12.8. The third-order valence-electron chi connectivity index (χ3n) is 4.00. The summed E-state index contributed by atoms with van der Waals surface area (Å²) in [4.78, 5) is 2.49. The van der Waals surface area contributed by atoms with Crippen LogP contribution in [0.3, 0.4) is 0 Å². The molecule has 0 amide bonds. The summed E-state index contributed by atoms with van der Waals surface area (Å²) in [5.74, 6) is 0. The lowest BCUT2D eigenvalue weighted by molar-refractivity contribution is 0.282. The number of anilines is 1. The van der Waals surface area contributed by atoms with Crippen molar-refractivity contribution in [1.82, 2.24) is 4.90 Å². The van der Waals surface area contributed by atoms with E-state index in [9.17, 15) is 5.11 Å². The van der Waals surface area contributed by atoms with E-state index in [1.807, 2.05) is 18.2 Å². The highest BCUT2D eigenvalue weighted by atomic mass is 16.3. The number of aliphatic hydroxyl groups is 1. The van der Waals surface area contributed by atoms with Gasteiger partial charge in [-0.15, -0.1) is 0 Å². The Bertz CT molecular complexity index is 570. The lowest BCUT2D eigenvalue weighted by Gasteiger charge is -2.17. The number of likely N-dealkylation sites (tertiary alicyclic amines) is 1. The quantitative estimate of drug-likeness (QED) is 0.885. The number of benzene rings is 2. The van der Waals surface area contributed by atoms with Crippen molar-refractivity contribution in [1.29, 1.82) is 0 Å². The number of rotatable bonds is 5. The molecular weight excluding hydrogens is 260 g/mol. The van der Waals surface area contributed by atoms with E-state index in [4.69, 9.17) is 0 Å². The molecule has 0 bridgehead atoms. The SMILES string of the molecule is OCc1cccc(NC2CCN(Cc3ccccc3)C2)c1. The van der Waals surface area contributed by atoms with E-state index in [-0.39, 0.29) is 6.61 Å². The molecular formula is C18H22N2O. The minimum absolute atomic E-state index is 0.0975. The lowest BCUT2D eigenvalue weighted by Crippen LogP contribution is -2.25. The first kappa shape index (κ1) is 14.1. The molecule has 0 spiro atoms. The Morgan fingerprint density at radius 3 is 2.67 bits per heavy atom. The molecule has 1 saturated heterocycles. The fourth-order valence-electron chi connectivity index (χ4n) is 2.93. The van der Waals surface area contributed by atoms with Crippen LogP contribution in [0.4, 0.5) is 5.69 Å². The molecule has 1 atom stereocenters. The van der Waals surface area contributed by atoms with E-state index in [0.717, 1.165) is 37.3 Å². The molecule has 0 aliphatic carbocycles. The fourth-order valence-corrected chi connectivity index (χ4v) is 2.93. The third kappa shape index (κ3) is 3.84. The van der Waals surface area contributed by atoms with Gasteiger partial charge < -0.3 is 10.4 Å². The molecule has 110 valence electrons. The van der Waals surface area contributed by atoms with E-state index in [2.05, 4.69) is 46.6 Å². The summed E-state index contributed by atoms with van der Waals surface area (Å²) in [6.45, 7) is 3.32. The van der Waals surface area contributed by atoms with Crippen molar-refractivity contribution in [2.24, 2.45) is 0 Å². The molecule has 0 aromatic heterocycles. The van der Waals surface area contributed by atoms with Crippen LogP contribution in [0.2, 0.25) is 0 Å². The van der Waals surface area contributed by atoms with Gasteiger partial charge in [0.2, 0.25) is 0 Å².